The average Bonchev–Trinajstić information content (AvgIpc) is 2.76. The van der Waals surface area contributed by atoms with E-state index in [1.807, 2.05) is 75.4 Å². The van der Waals surface area contributed by atoms with E-state index in [1.165, 1.54) is 3.93 Å². The number of hydrogen-bond acceptors (Lipinski definition) is 4. The lowest BCUT2D eigenvalue weighted by Crippen LogP contribution is -2.44. The maximum Gasteiger partial charge on any atom is 0.410 e. The number of amides is 2. The van der Waals surface area contributed by atoms with E-state index < -0.39 is 5.60 Å². The van der Waals surface area contributed by atoms with Gasteiger partial charge < -0.3 is 14.4 Å². The number of carbonyl (C=O) groups excluding carboxylic acids is 2. The highest BCUT2D eigenvalue weighted by molar-refractivity contribution is 9.10. The smallest absolute Gasteiger partial charge is 0.410 e. The first-order chi connectivity index (χ1) is 14.7. The highest BCUT2D eigenvalue weighted by Crippen LogP contribution is 2.29. The molecule has 2 amide bonds. The summed E-state index contributed by atoms with van der Waals surface area (Å²) >= 11 is 3.42. The first-order valence-corrected chi connectivity index (χ1v) is 11.2. The molecule has 0 aliphatic carbocycles. The van der Waals surface area contributed by atoms with E-state index in [-0.39, 0.29) is 17.9 Å². The molecule has 31 heavy (non-hydrogen) atoms. The number of halogens is 1. The molecule has 3 rings (SSSR count). The van der Waals surface area contributed by atoms with Gasteiger partial charge in [-0.05, 0) is 51.3 Å². The van der Waals surface area contributed by atoms with Gasteiger partial charge in [0.25, 0.3) is 0 Å². The van der Waals surface area contributed by atoms with Gasteiger partial charge in [-0.3, -0.25) is 4.79 Å². The lowest BCUT2D eigenvalue weighted by molar-refractivity contribution is -0.122. The summed E-state index contributed by atoms with van der Waals surface area (Å²) in [6, 6.07) is 17.4. The standard InChI is InChI=1S/C24H29BrN2O4/c1-24(2,3)31-23(29)26-14-12-19(13-15-26)22(28)27(25)20-10-7-11-21(16-20)30-17-18-8-5-4-6-9-18/h4-11,16,19H,12-15,17H2,1-3H3. The third kappa shape index (κ3) is 6.72. The molecule has 0 radical (unpaired) electrons. The molecule has 1 heterocycles. The van der Waals surface area contributed by atoms with E-state index in [1.54, 1.807) is 4.90 Å². The number of likely N-dealkylation sites (tertiary alicyclic amines) is 1. The van der Waals surface area contributed by atoms with Crippen LogP contribution in [-0.2, 0) is 16.1 Å². The number of carbonyl (C=O) groups is 2. The Labute approximate surface area is 192 Å². The summed E-state index contributed by atoms with van der Waals surface area (Å²) in [6.45, 7) is 7.02. The summed E-state index contributed by atoms with van der Waals surface area (Å²) in [5.41, 5.74) is 1.27. The van der Waals surface area contributed by atoms with Crippen LogP contribution in [0.3, 0.4) is 0 Å². The zero-order chi connectivity index (χ0) is 22.4. The molecule has 6 nitrogen and oxygen atoms in total. The van der Waals surface area contributed by atoms with Crippen LogP contribution >= 0.6 is 16.1 Å². The molecule has 1 aliphatic rings. The second-order valence-electron chi connectivity index (χ2n) is 8.63. The van der Waals surface area contributed by atoms with Crippen molar-refractivity contribution in [2.24, 2.45) is 5.92 Å². The van der Waals surface area contributed by atoms with Gasteiger partial charge in [-0.15, -0.1) is 0 Å². The Morgan fingerprint density at radius 2 is 1.74 bits per heavy atom. The Hall–Kier alpha value is -2.54. The summed E-state index contributed by atoms with van der Waals surface area (Å²) in [6.07, 6.45) is 0.881. The minimum Gasteiger partial charge on any atom is -0.489 e. The van der Waals surface area contributed by atoms with Crippen molar-refractivity contribution in [2.45, 2.75) is 45.8 Å². The third-order valence-electron chi connectivity index (χ3n) is 4.98. The number of hydrogen-bond donors (Lipinski definition) is 0. The summed E-state index contributed by atoms with van der Waals surface area (Å²) < 4.78 is 12.8. The van der Waals surface area contributed by atoms with Gasteiger partial charge >= 0.3 is 6.09 Å². The molecule has 2 aromatic rings. The molecule has 0 spiro atoms. The van der Waals surface area contributed by atoms with E-state index in [0.717, 1.165) is 5.56 Å². The molecule has 0 bridgehead atoms. The fourth-order valence-corrected chi connectivity index (χ4v) is 3.87. The second kappa shape index (κ2) is 10.2. The molecular weight excluding hydrogens is 460 g/mol. The molecule has 1 saturated heterocycles. The Balaban J connectivity index is 1.55. The normalized spacial score (nSPS) is 14.8. The predicted octanol–water partition coefficient (Wildman–Crippen LogP) is 5.56. The van der Waals surface area contributed by atoms with Crippen molar-refractivity contribution in [3.63, 3.8) is 0 Å². The number of anilines is 1. The molecular formula is C24H29BrN2O4. The summed E-state index contributed by atoms with van der Waals surface area (Å²) in [7, 11) is 0. The molecule has 1 fully saturated rings. The minimum atomic E-state index is -0.524. The van der Waals surface area contributed by atoms with Crippen molar-refractivity contribution < 1.29 is 19.1 Å². The van der Waals surface area contributed by atoms with Gasteiger partial charge in [-0.1, -0.05) is 36.4 Å². The van der Waals surface area contributed by atoms with Crippen LogP contribution in [0.15, 0.2) is 54.6 Å². The van der Waals surface area contributed by atoms with Crippen LogP contribution in [0.25, 0.3) is 0 Å². The fraction of sp³-hybridized carbons (Fsp3) is 0.417. The van der Waals surface area contributed by atoms with Crippen molar-refractivity contribution in [1.29, 1.82) is 0 Å². The van der Waals surface area contributed by atoms with E-state index in [2.05, 4.69) is 16.1 Å². The molecule has 0 aromatic heterocycles. The Morgan fingerprint density at radius 1 is 1.06 bits per heavy atom. The number of nitrogens with zero attached hydrogens (tertiary/aromatic N) is 2. The number of benzene rings is 2. The van der Waals surface area contributed by atoms with Crippen LogP contribution < -0.4 is 8.66 Å². The van der Waals surface area contributed by atoms with Crippen molar-refractivity contribution in [3.8, 4) is 5.75 Å². The monoisotopic (exact) mass is 488 g/mol. The lowest BCUT2D eigenvalue weighted by atomic mass is 9.96. The Bertz CT molecular complexity index is 890. The highest BCUT2D eigenvalue weighted by atomic mass is 79.9. The minimum absolute atomic E-state index is 0.0240. The first-order valence-electron chi connectivity index (χ1n) is 10.5. The molecule has 7 heteroatoms. The summed E-state index contributed by atoms with van der Waals surface area (Å²) in [5.74, 6) is 0.509. The topological polar surface area (TPSA) is 59.1 Å². The molecule has 1 aliphatic heterocycles. The van der Waals surface area contributed by atoms with Gasteiger partial charge in [0.15, 0.2) is 0 Å². The van der Waals surface area contributed by atoms with Crippen LogP contribution in [0.1, 0.15) is 39.2 Å². The van der Waals surface area contributed by atoms with Gasteiger partial charge in [0, 0.05) is 25.1 Å². The van der Waals surface area contributed by atoms with Crippen molar-refractivity contribution >= 4 is 33.8 Å². The number of rotatable bonds is 5. The highest BCUT2D eigenvalue weighted by Gasteiger charge is 2.32. The van der Waals surface area contributed by atoms with Crippen LogP contribution in [0, 0.1) is 5.92 Å². The van der Waals surface area contributed by atoms with E-state index in [9.17, 15) is 9.59 Å². The molecule has 166 valence electrons. The Kier molecular flexibility index (Phi) is 7.59. The van der Waals surface area contributed by atoms with Gasteiger partial charge in [-0.25, -0.2) is 8.72 Å². The zero-order valence-corrected chi connectivity index (χ0v) is 19.8. The fourth-order valence-electron chi connectivity index (χ4n) is 3.36. The van der Waals surface area contributed by atoms with Crippen LogP contribution in [0.2, 0.25) is 0 Å². The largest absolute Gasteiger partial charge is 0.489 e. The first kappa shape index (κ1) is 23.1. The quantitative estimate of drug-likeness (QED) is 0.517. The molecule has 2 aromatic carbocycles. The molecule has 0 saturated carbocycles. The molecule has 0 unspecified atom stereocenters. The predicted molar refractivity (Wildman–Crippen MR) is 124 cm³/mol. The van der Waals surface area contributed by atoms with E-state index in [4.69, 9.17) is 9.47 Å². The number of piperidine rings is 1. The molecule has 0 atom stereocenters. The maximum absolute atomic E-state index is 13.0. The van der Waals surface area contributed by atoms with Crippen molar-refractivity contribution in [1.82, 2.24) is 4.90 Å². The van der Waals surface area contributed by atoms with Gasteiger partial charge in [0.2, 0.25) is 5.91 Å². The molecule has 0 N–H and O–H groups in total. The van der Waals surface area contributed by atoms with Crippen molar-refractivity contribution in [2.75, 3.05) is 17.0 Å². The van der Waals surface area contributed by atoms with Crippen LogP contribution in [0.4, 0.5) is 10.5 Å². The van der Waals surface area contributed by atoms with Gasteiger partial charge in [0.1, 0.15) is 18.0 Å². The summed E-state index contributed by atoms with van der Waals surface area (Å²) in [4.78, 5) is 26.9. The maximum atomic E-state index is 13.0. The zero-order valence-electron chi connectivity index (χ0n) is 18.2. The van der Waals surface area contributed by atoms with E-state index in [0.29, 0.717) is 44.0 Å². The van der Waals surface area contributed by atoms with Crippen molar-refractivity contribution in [3.05, 3.63) is 60.2 Å². The summed E-state index contributed by atoms with van der Waals surface area (Å²) in [5, 5.41) is 0. The van der Waals surface area contributed by atoms with Gasteiger partial charge in [-0.2, -0.15) is 0 Å². The number of ether oxygens (including phenoxy) is 2. The SMILES string of the molecule is CC(C)(C)OC(=O)N1CCC(C(=O)N(Br)c2cccc(OCc3ccccc3)c2)CC1. The average molecular weight is 489 g/mol. The third-order valence-corrected chi connectivity index (χ3v) is 5.74. The second-order valence-corrected chi connectivity index (χ2v) is 9.34. The Morgan fingerprint density at radius 3 is 2.39 bits per heavy atom. The lowest BCUT2D eigenvalue weighted by Gasteiger charge is -2.33. The van der Waals surface area contributed by atoms with E-state index >= 15 is 0 Å². The van der Waals surface area contributed by atoms with Crippen LogP contribution in [0.5, 0.6) is 5.75 Å². The van der Waals surface area contributed by atoms with Crippen LogP contribution in [-0.4, -0.2) is 35.6 Å². The van der Waals surface area contributed by atoms with Gasteiger partial charge in [0.05, 0.1) is 21.8 Å².